The van der Waals surface area contributed by atoms with E-state index >= 15 is 0 Å². The summed E-state index contributed by atoms with van der Waals surface area (Å²) >= 11 is 10.7. The zero-order chi connectivity index (χ0) is 25.3. The first-order valence-corrected chi connectivity index (χ1v) is 14.1. The first-order chi connectivity index (χ1) is 16.4. The van der Waals surface area contributed by atoms with Crippen LogP contribution in [0.1, 0.15) is 51.4 Å². The van der Waals surface area contributed by atoms with Crippen LogP contribution in [0, 0.1) is 35.5 Å². The molecule has 34 heavy (non-hydrogen) atoms. The lowest BCUT2D eigenvalue weighted by Gasteiger charge is -2.30. The van der Waals surface area contributed by atoms with Gasteiger partial charge < -0.3 is 0 Å². The van der Waals surface area contributed by atoms with Gasteiger partial charge >= 0.3 is 0 Å². The van der Waals surface area contributed by atoms with E-state index in [1.165, 1.54) is 37.7 Å². The molecule has 6 nitrogen and oxygen atoms in total. The van der Waals surface area contributed by atoms with Crippen molar-refractivity contribution in [3.05, 3.63) is 40.4 Å². The molecule has 0 bridgehead atoms. The molecule has 4 rings (SSSR count). The first-order valence-electron chi connectivity index (χ1n) is 11.5. The summed E-state index contributed by atoms with van der Waals surface area (Å²) in [5.74, 6) is 1.44. The number of fused-ring (bicyclic) bond motifs is 2. The number of allylic oxidation sites excluding steroid dienone is 2. The number of nitriles is 2. The maximum Gasteiger partial charge on any atom is 0.154 e. The van der Waals surface area contributed by atoms with Crippen LogP contribution in [0.5, 0.6) is 0 Å². The standard InChI is InChI=1S/C23H31ClN2O2S2.2CHN/c1-25-26(19-7-4-6-18(24)12-19)14-20(29)15-30(27,28)21-10-9-17-11-16-5-2-3-8-22(16)23(17)13-21;2*1-2/h4,6-7,12,16-17,20-21,29H,1-3,5,8-11,13-15H2;2*1H. The minimum absolute atomic E-state index is 0.0596. The molecular formula is C25H33ClN4O2S2. The molecule has 0 N–H and O–H groups in total. The van der Waals surface area contributed by atoms with Gasteiger partial charge in [0.25, 0.3) is 0 Å². The number of halogens is 1. The Kier molecular flexibility index (Phi) is 11.0. The number of hydrogen-bond acceptors (Lipinski definition) is 7. The third kappa shape index (κ3) is 6.78. The van der Waals surface area contributed by atoms with Crippen LogP contribution in [-0.2, 0) is 9.84 Å². The van der Waals surface area contributed by atoms with Crippen molar-refractivity contribution < 1.29 is 8.42 Å². The highest BCUT2D eigenvalue weighted by molar-refractivity contribution is 7.93. The van der Waals surface area contributed by atoms with Crippen molar-refractivity contribution in [1.82, 2.24) is 0 Å². The van der Waals surface area contributed by atoms with Crippen LogP contribution in [0.15, 0.2) is 40.5 Å². The second kappa shape index (κ2) is 13.2. The van der Waals surface area contributed by atoms with Crippen molar-refractivity contribution in [3.63, 3.8) is 0 Å². The van der Waals surface area contributed by atoms with Crippen LogP contribution in [0.2, 0.25) is 5.02 Å². The molecule has 9 heteroatoms. The van der Waals surface area contributed by atoms with Crippen LogP contribution in [0.3, 0.4) is 0 Å². The maximum absolute atomic E-state index is 13.2. The van der Waals surface area contributed by atoms with Crippen LogP contribution >= 0.6 is 24.2 Å². The Balaban J connectivity index is 0.000000970. The fourth-order valence-corrected chi connectivity index (χ4v) is 8.49. The Bertz CT molecular complexity index is 1020. The summed E-state index contributed by atoms with van der Waals surface area (Å²) in [6.07, 6.45) is 8.93. The van der Waals surface area contributed by atoms with Crippen LogP contribution in [-0.4, -0.2) is 37.9 Å². The topological polar surface area (TPSA) is 97.3 Å². The average Bonchev–Trinajstić information content (AvgIpc) is 3.23. The Morgan fingerprint density at radius 3 is 2.53 bits per heavy atom. The van der Waals surface area contributed by atoms with E-state index in [-0.39, 0.29) is 16.3 Å². The maximum atomic E-state index is 13.2. The highest BCUT2D eigenvalue weighted by Crippen LogP contribution is 2.51. The number of nitrogens with zero attached hydrogens (tertiary/aromatic N) is 4. The van der Waals surface area contributed by atoms with Crippen molar-refractivity contribution in [2.75, 3.05) is 17.3 Å². The van der Waals surface area contributed by atoms with Crippen molar-refractivity contribution in [2.45, 2.75) is 61.9 Å². The summed E-state index contributed by atoms with van der Waals surface area (Å²) in [7, 11) is -3.23. The lowest BCUT2D eigenvalue weighted by Crippen LogP contribution is -2.36. The minimum Gasteiger partial charge on any atom is -0.265 e. The quantitative estimate of drug-likeness (QED) is 0.211. The Morgan fingerprint density at radius 2 is 1.85 bits per heavy atom. The number of benzene rings is 1. The van der Waals surface area contributed by atoms with Crippen molar-refractivity contribution in [3.8, 4) is 13.1 Å². The van der Waals surface area contributed by atoms with Gasteiger partial charge in [-0.2, -0.15) is 17.7 Å². The molecule has 4 atom stereocenters. The molecule has 184 valence electrons. The van der Waals surface area contributed by atoms with E-state index in [0.717, 1.165) is 30.9 Å². The molecule has 2 fully saturated rings. The van der Waals surface area contributed by atoms with Gasteiger partial charge in [0.05, 0.1) is 23.2 Å². The second-order valence-electron chi connectivity index (χ2n) is 9.02. The van der Waals surface area contributed by atoms with Gasteiger partial charge in [-0.1, -0.05) is 35.2 Å². The van der Waals surface area contributed by atoms with Crippen molar-refractivity contribution in [1.29, 1.82) is 10.5 Å². The summed E-state index contributed by atoms with van der Waals surface area (Å²) in [6, 6.07) is 7.31. The predicted molar refractivity (Wildman–Crippen MR) is 143 cm³/mol. The molecule has 0 amide bonds. The number of hydrazone groups is 1. The fourth-order valence-electron chi connectivity index (χ4n) is 5.68. The summed E-state index contributed by atoms with van der Waals surface area (Å²) in [5.41, 5.74) is 3.91. The van der Waals surface area contributed by atoms with E-state index in [1.54, 1.807) is 22.7 Å². The molecule has 0 aliphatic heterocycles. The number of thiol groups is 1. The second-order valence-corrected chi connectivity index (χ2v) is 12.5. The summed E-state index contributed by atoms with van der Waals surface area (Å²) in [5, 5.41) is 18.7. The largest absolute Gasteiger partial charge is 0.265 e. The molecule has 1 aromatic rings. The monoisotopic (exact) mass is 520 g/mol. The highest BCUT2D eigenvalue weighted by atomic mass is 35.5. The van der Waals surface area contributed by atoms with Crippen molar-refractivity contribution in [2.24, 2.45) is 16.9 Å². The van der Waals surface area contributed by atoms with Gasteiger partial charge in [-0.05, 0) is 75.0 Å². The van der Waals surface area contributed by atoms with Gasteiger partial charge in [0.15, 0.2) is 9.84 Å². The Hall–Kier alpha value is -2.00. The molecule has 0 aromatic heterocycles. The Morgan fingerprint density at radius 1 is 1.15 bits per heavy atom. The third-order valence-electron chi connectivity index (χ3n) is 7.09. The molecule has 0 heterocycles. The molecule has 3 aliphatic rings. The fraction of sp³-hybridized carbons (Fsp3) is 0.560. The molecule has 0 spiro atoms. The number of sulfone groups is 1. The molecule has 2 saturated carbocycles. The summed E-state index contributed by atoms with van der Waals surface area (Å²) < 4.78 is 26.5. The van der Waals surface area contributed by atoms with Gasteiger partial charge in [0, 0.05) is 30.1 Å². The molecule has 0 saturated heterocycles. The molecular weight excluding hydrogens is 488 g/mol. The van der Waals surface area contributed by atoms with Crippen LogP contribution in [0.4, 0.5) is 5.69 Å². The lowest BCUT2D eigenvalue weighted by atomic mass is 9.84. The van der Waals surface area contributed by atoms with Crippen LogP contribution < -0.4 is 5.01 Å². The van der Waals surface area contributed by atoms with E-state index in [9.17, 15) is 8.42 Å². The molecule has 3 aliphatic carbocycles. The third-order valence-corrected chi connectivity index (χ3v) is 10.2. The Labute approximate surface area is 214 Å². The van der Waals surface area contributed by atoms with E-state index < -0.39 is 9.84 Å². The average molecular weight is 521 g/mol. The molecule has 1 aromatic carbocycles. The molecule has 0 radical (unpaired) electrons. The van der Waals surface area contributed by atoms with E-state index in [4.69, 9.17) is 22.1 Å². The van der Waals surface area contributed by atoms with Gasteiger partial charge in [0.2, 0.25) is 0 Å². The SMILES string of the molecule is C#N.C#N.C=NN(CC(S)CS(=O)(=O)C1CCC2CC3CCCCC3=C2C1)c1cccc(Cl)c1. The zero-order valence-electron chi connectivity index (χ0n) is 19.4. The highest BCUT2D eigenvalue weighted by Gasteiger charge is 2.41. The summed E-state index contributed by atoms with van der Waals surface area (Å²) in [6.45, 7) is 11.0. The van der Waals surface area contributed by atoms with E-state index in [1.807, 2.05) is 12.1 Å². The summed E-state index contributed by atoms with van der Waals surface area (Å²) in [4.78, 5) is 0. The minimum atomic E-state index is -3.23. The van der Waals surface area contributed by atoms with E-state index in [2.05, 4.69) is 37.6 Å². The van der Waals surface area contributed by atoms with Gasteiger partial charge in [-0.25, -0.2) is 18.9 Å². The number of rotatable bonds is 7. The van der Waals surface area contributed by atoms with Crippen LogP contribution in [0.25, 0.3) is 0 Å². The first kappa shape index (κ1) is 28.2. The van der Waals surface area contributed by atoms with Gasteiger partial charge in [-0.15, -0.1) is 0 Å². The number of hydrogen-bond donors (Lipinski definition) is 1. The van der Waals surface area contributed by atoms with Gasteiger partial charge in [-0.3, -0.25) is 5.01 Å². The molecule has 4 unspecified atom stereocenters. The predicted octanol–water partition coefficient (Wildman–Crippen LogP) is 5.81. The smallest absolute Gasteiger partial charge is 0.154 e. The van der Waals surface area contributed by atoms with E-state index in [0.29, 0.717) is 17.5 Å². The zero-order valence-corrected chi connectivity index (χ0v) is 21.9. The van der Waals surface area contributed by atoms with Gasteiger partial charge in [0.1, 0.15) is 0 Å². The number of anilines is 1. The normalized spacial score (nSPS) is 24.2. The lowest BCUT2D eigenvalue weighted by molar-refractivity contribution is 0.389. The van der Waals surface area contributed by atoms with Crippen molar-refractivity contribution >= 4 is 46.5 Å².